The van der Waals surface area contributed by atoms with Crippen molar-refractivity contribution in [2.75, 3.05) is 6.26 Å². The third kappa shape index (κ3) is 3.96. The van der Waals surface area contributed by atoms with Gasteiger partial charge in [-0.3, -0.25) is 0 Å². The molecule has 4 nitrogen and oxygen atoms in total. The lowest BCUT2D eigenvalue weighted by molar-refractivity contribution is 0.156. The van der Waals surface area contributed by atoms with Gasteiger partial charge in [-0.1, -0.05) is 12.1 Å². The van der Waals surface area contributed by atoms with Crippen molar-refractivity contribution in [2.24, 2.45) is 5.73 Å². The monoisotopic (exact) mass is 297 g/mol. The van der Waals surface area contributed by atoms with Gasteiger partial charge in [-0.15, -0.1) is 0 Å². The highest BCUT2D eigenvalue weighted by Gasteiger charge is 2.29. The zero-order valence-corrected chi connectivity index (χ0v) is 12.9. The van der Waals surface area contributed by atoms with Gasteiger partial charge in [0.05, 0.1) is 11.4 Å². The molecule has 1 fully saturated rings. The standard InChI is InChI=1S/C15H23NO3S/c1-11(16)12-6-8-13(9-7-12)19-14-4-3-5-15(10-14)20(2,17)18/h6-9,11,14-15H,3-5,10,16H2,1-2H3/t11-,14?,15?/m0/s1. The molecule has 5 heteroatoms. The first-order valence-electron chi connectivity index (χ1n) is 7.07. The van der Waals surface area contributed by atoms with Crippen molar-refractivity contribution in [3.8, 4) is 5.75 Å². The fourth-order valence-corrected chi connectivity index (χ4v) is 3.80. The first-order chi connectivity index (χ1) is 9.36. The lowest BCUT2D eigenvalue weighted by atomic mass is 9.97. The molecule has 20 heavy (non-hydrogen) atoms. The first kappa shape index (κ1) is 15.3. The van der Waals surface area contributed by atoms with Crippen molar-refractivity contribution in [3.05, 3.63) is 29.8 Å². The molecule has 1 aliphatic rings. The van der Waals surface area contributed by atoms with Gasteiger partial charge in [-0.05, 0) is 43.9 Å². The molecule has 0 aromatic heterocycles. The highest BCUT2D eigenvalue weighted by molar-refractivity contribution is 7.91. The quantitative estimate of drug-likeness (QED) is 0.926. The second-order valence-corrected chi connectivity index (χ2v) is 8.04. The molecule has 2 N–H and O–H groups in total. The molecule has 1 aromatic rings. The van der Waals surface area contributed by atoms with E-state index >= 15 is 0 Å². The van der Waals surface area contributed by atoms with Crippen molar-refractivity contribution < 1.29 is 13.2 Å². The maximum Gasteiger partial charge on any atom is 0.150 e. The molecule has 0 bridgehead atoms. The SMILES string of the molecule is C[C@H](N)c1ccc(OC2CCCC(S(C)(=O)=O)C2)cc1. The maximum absolute atomic E-state index is 11.6. The minimum absolute atomic E-state index is 0.00773. The Kier molecular flexibility index (Phi) is 4.70. The summed E-state index contributed by atoms with van der Waals surface area (Å²) in [5, 5.41) is -0.260. The Balaban J connectivity index is 1.99. The van der Waals surface area contributed by atoms with Crippen molar-refractivity contribution in [3.63, 3.8) is 0 Å². The van der Waals surface area contributed by atoms with Gasteiger partial charge < -0.3 is 10.5 Å². The first-order valence-corrected chi connectivity index (χ1v) is 9.03. The molecule has 1 saturated carbocycles. The van der Waals surface area contributed by atoms with Gasteiger partial charge in [0.15, 0.2) is 0 Å². The highest BCUT2D eigenvalue weighted by atomic mass is 32.2. The highest BCUT2D eigenvalue weighted by Crippen LogP contribution is 2.27. The second-order valence-electron chi connectivity index (χ2n) is 5.72. The van der Waals surface area contributed by atoms with E-state index < -0.39 is 9.84 Å². The fourth-order valence-electron chi connectivity index (χ4n) is 2.64. The summed E-state index contributed by atoms with van der Waals surface area (Å²) >= 11 is 0. The zero-order valence-electron chi connectivity index (χ0n) is 12.1. The summed E-state index contributed by atoms with van der Waals surface area (Å²) in [5.41, 5.74) is 6.87. The van der Waals surface area contributed by atoms with Crippen LogP contribution in [0.3, 0.4) is 0 Å². The Labute approximate surface area is 121 Å². The van der Waals surface area contributed by atoms with E-state index in [0.717, 1.165) is 30.6 Å². The van der Waals surface area contributed by atoms with Crippen molar-refractivity contribution in [2.45, 2.75) is 50.0 Å². The van der Waals surface area contributed by atoms with Crippen molar-refractivity contribution in [1.82, 2.24) is 0 Å². The fraction of sp³-hybridized carbons (Fsp3) is 0.600. The van der Waals surface area contributed by atoms with E-state index in [1.165, 1.54) is 6.26 Å². The van der Waals surface area contributed by atoms with E-state index in [1.807, 2.05) is 31.2 Å². The number of sulfone groups is 1. The second kappa shape index (κ2) is 6.14. The Bertz CT molecular complexity index is 537. The van der Waals surface area contributed by atoms with Crippen LogP contribution in [0.25, 0.3) is 0 Å². The number of hydrogen-bond acceptors (Lipinski definition) is 4. The molecule has 112 valence electrons. The van der Waals surface area contributed by atoms with E-state index in [0.29, 0.717) is 6.42 Å². The van der Waals surface area contributed by atoms with Crippen LogP contribution in [0.4, 0.5) is 0 Å². The molecule has 1 aromatic carbocycles. The van der Waals surface area contributed by atoms with Crippen LogP contribution in [0.15, 0.2) is 24.3 Å². The molecule has 2 rings (SSSR count). The lowest BCUT2D eigenvalue weighted by Crippen LogP contribution is -2.33. The summed E-state index contributed by atoms with van der Waals surface area (Å²) in [6.07, 6.45) is 4.47. The van der Waals surface area contributed by atoms with Crippen LogP contribution < -0.4 is 10.5 Å². The summed E-state index contributed by atoms with van der Waals surface area (Å²) in [6, 6.07) is 7.73. The Morgan fingerprint density at radius 2 is 1.90 bits per heavy atom. The predicted octanol–water partition coefficient (Wildman–Crippen LogP) is 2.44. The Morgan fingerprint density at radius 1 is 1.25 bits per heavy atom. The lowest BCUT2D eigenvalue weighted by Gasteiger charge is -2.28. The van der Waals surface area contributed by atoms with Gasteiger partial charge in [0.2, 0.25) is 0 Å². The number of benzene rings is 1. The maximum atomic E-state index is 11.6. The number of ether oxygens (including phenoxy) is 1. The Hall–Kier alpha value is -1.07. The van der Waals surface area contributed by atoms with E-state index in [4.69, 9.17) is 10.5 Å². The van der Waals surface area contributed by atoms with E-state index in [2.05, 4.69) is 0 Å². The normalized spacial score (nSPS) is 25.1. The third-order valence-electron chi connectivity index (χ3n) is 3.89. The van der Waals surface area contributed by atoms with Crippen molar-refractivity contribution in [1.29, 1.82) is 0 Å². The Morgan fingerprint density at radius 3 is 2.45 bits per heavy atom. The van der Waals surface area contributed by atoms with Gasteiger partial charge in [-0.25, -0.2) is 8.42 Å². The van der Waals surface area contributed by atoms with Crippen LogP contribution >= 0.6 is 0 Å². The molecular formula is C15H23NO3S. The molecule has 0 heterocycles. The van der Waals surface area contributed by atoms with Crippen LogP contribution in [-0.4, -0.2) is 26.0 Å². The molecule has 0 radical (unpaired) electrons. The van der Waals surface area contributed by atoms with Gasteiger partial charge in [0.1, 0.15) is 15.6 Å². The van der Waals surface area contributed by atoms with Crippen LogP contribution in [0.1, 0.15) is 44.2 Å². The summed E-state index contributed by atoms with van der Waals surface area (Å²) in [4.78, 5) is 0. The number of nitrogens with two attached hydrogens (primary N) is 1. The van der Waals surface area contributed by atoms with E-state index in [9.17, 15) is 8.42 Å². The molecule has 2 unspecified atom stereocenters. The average molecular weight is 297 g/mol. The minimum atomic E-state index is -2.97. The molecule has 1 aliphatic carbocycles. The minimum Gasteiger partial charge on any atom is -0.490 e. The van der Waals surface area contributed by atoms with Gasteiger partial charge >= 0.3 is 0 Å². The number of hydrogen-bond donors (Lipinski definition) is 1. The van der Waals surface area contributed by atoms with Gasteiger partial charge in [0, 0.05) is 18.7 Å². The predicted molar refractivity (Wildman–Crippen MR) is 80.6 cm³/mol. The van der Waals surface area contributed by atoms with Gasteiger partial charge in [-0.2, -0.15) is 0 Å². The topological polar surface area (TPSA) is 69.4 Å². The van der Waals surface area contributed by atoms with E-state index in [-0.39, 0.29) is 17.4 Å². The summed E-state index contributed by atoms with van der Waals surface area (Å²) in [6.45, 7) is 1.94. The van der Waals surface area contributed by atoms with Crippen LogP contribution in [0, 0.1) is 0 Å². The average Bonchev–Trinajstić information content (AvgIpc) is 2.38. The molecule has 0 aliphatic heterocycles. The molecule has 3 atom stereocenters. The third-order valence-corrected chi connectivity index (χ3v) is 5.53. The van der Waals surface area contributed by atoms with E-state index in [1.54, 1.807) is 0 Å². The van der Waals surface area contributed by atoms with Crippen molar-refractivity contribution >= 4 is 9.84 Å². The summed E-state index contributed by atoms with van der Waals surface area (Å²) < 4.78 is 29.2. The molecule has 0 amide bonds. The largest absolute Gasteiger partial charge is 0.490 e. The van der Waals surface area contributed by atoms with Gasteiger partial charge in [0.25, 0.3) is 0 Å². The summed E-state index contributed by atoms with van der Waals surface area (Å²) in [5.74, 6) is 0.786. The molecule has 0 spiro atoms. The molecule has 0 saturated heterocycles. The number of rotatable bonds is 4. The van der Waals surface area contributed by atoms with Crippen LogP contribution in [0.5, 0.6) is 5.75 Å². The summed E-state index contributed by atoms with van der Waals surface area (Å²) in [7, 11) is -2.97. The van der Waals surface area contributed by atoms with Crippen LogP contribution in [0.2, 0.25) is 0 Å². The molecular weight excluding hydrogens is 274 g/mol. The van der Waals surface area contributed by atoms with Crippen LogP contribution in [-0.2, 0) is 9.84 Å². The zero-order chi connectivity index (χ0) is 14.8. The smallest absolute Gasteiger partial charge is 0.150 e.